The Kier molecular flexibility index (Phi) is 7.82. The van der Waals surface area contributed by atoms with E-state index in [1.54, 1.807) is 0 Å². The molecular weight excluding hydrogens is 290 g/mol. The van der Waals surface area contributed by atoms with Crippen molar-refractivity contribution >= 4 is 15.9 Å². The van der Waals surface area contributed by atoms with Crippen LogP contribution < -0.4 is 5.32 Å². The summed E-state index contributed by atoms with van der Waals surface area (Å²) in [4.78, 5) is 11.3. The molecule has 1 heterocycles. The van der Waals surface area contributed by atoms with Crippen LogP contribution >= 0.6 is 0 Å². The summed E-state index contributed by atoms with van der Waals surface area (Å²) in [5.41, 5.74) is 0. The van der Waals surface area contributed by atoms with Gasteiger partial charge in [0.1, 0.15) is 6.61 Å². The van der Waals surface area contributed by atoms with Crippen LogP contribution in [0.25, 0.3) is 0 Å². The Balaban J connectivity index is 1.96. The van der Waals surface area contributed by atoms with E-state index in [1.165, 1.54) is 0 Å². The molecule has 1 saturated heterocycles. The SMILES string of the molecule is O=C(NC1CCS(=O)(=O)C1)OCCOCCOCCO. The van der Waals surface area contributed by atoms with E-state index in [4.69, 9.17) is 19.3 Å². The third kappa shape index (κ3) is 7.63. The first-order valence-electron chi connectivity index (χ1n) is 6.43. The van der Waals surface area contributed by atoms with Crippen molar-refractivity contribution < 1.29 is 32.5 Å². The second-order valence-corrected chi connectivity index (χ2v) is 6.56. The van der Waals surface area contributed by atoms with Gasteiger partial charge in [0.25, 0.3) is 0 Å². The molecule has 0 saturated carbocycles. The van der Waals surface area contributed by atoms with Crippen molar-refractivity contribution in [2.24, 2.45) is 0 Å². The Morgan fingerprint density at radius 2 is 1.80 bits per heavy atom. The van der Waals surface area contributed by atoms with Gasteiger partial charge in [0.2, 0.25) is 0 Å². The van der Waals surface area contributed by atoms with Gasteiger partial charge in [-0.3, -0.25) is 0 Å². The standard InChI is InChI=1S/C11H21NO7S/c13-2-3-17-4-5-18-6-7-19-11(14)12-10-1-8-20(15,16)9-10/h10,13H,1-9H2,(H,12,14). The highest BCUT2D eigenvalue weighted by Gasteiger charge is 2.29. The van der Waals surface area contributed by atoms with E-state index < -0.39 is 15.9 Å². The van der Waals surface area contributed by atoms with E-state index in [0.717, 1.165) is 0 Å². The molecule has 8 nitrogen and oxygen atoms in total. The molecule has 0 aromatic rings. The first kappa shape index (κ1) is 17.2. The molecule has 0 spiro atoms. The molecule has 1 aliphatic rings. The van der Waals surface area contributed by atoms with Crippen molar-refractivity contribution in [1.82, 2.24) is 5.32 Å². The zero-order valence-corrected chi connectivity index (χ0v) is 12.1. The van der Waals surface area contributed by atoms with Crippen molar-refractivity contribution in [3.05, 3.63) is 0 Å². The third-order valence-corrected chi connectivity index (χ3v) is 4.39. The molecule has 0 radical (unpaired) electrons. The molecule has 1 atom stereocenters. The molecular formula is C11H21NO7S. The summed E-state index contributed by atoms with van der Waals surface area (Å²) in [6.45, 7) is 1.29. The summed E-state index contributed by atoms with van der Waals surface area (Å²) >= 11 is 0. The number of hydrogen-bond acceptors (Lipinski definition) is 7. The Bertz CT molecular complexity index is 384. The van der Waals surface area contributed by atoms with Gasteiger partial charge in [-0.25, -0.2) is 13.2 Å². The fraction of sp³-hybridized carbons (Fsp3) is 0.909. The molecule has 2 N–H and O–H groups in total. The fourth-order valence-electron chi connectivity index (χ4n) is 1.70. The van der Waals surface area contributed by atoms with Gasteiger partial charge in [0.15, 0.2) is 9.84 Å². The van der Waals surface area contributed by atoms with E-state index in [2.05, 4.69) is 5.32 Å². The van der Waals surface area contributed by atoms with Gasteiger partial charge in [-0.2, -0.15) is 0 Å². The van der Waals surface area contributed by atoms with E-state index >= 15 is 0 Å². The lowest BCUT2D eigenvalue weighted by molar-refractivity contribution is 0.0184. The molecule has 1 aliphatic heterocycles. The molecule has 1 rings (SSSR count). The lowest BCUT2D eigenvalue weighted by Gasteiger charge is -2.11. The first-order valence-corrected chi connectivity index (χ1v) is 8.26. The normalized spacial score (nSPS) is 20.8. The quantitative estimate of drug-likeness (QED) is 0.521. The Labute approximate surface area is 118 Å². The molecule has 118 valence electrons. The summed E-state index contributed by atoms with van der Waals surface area (Å²) in [5.74, 6) is 0.0791. The van der Waals surface area contributed by atoms with Crippen LogP contribution in [0.3, 0.4) is 0 Å². The second-order valence-electron chi connectivity index (χ2n) is 4.33. The highest BCUT2D eigenvalue weighted by molar-refractivity contribution is 7.91. The van der Waals surface area contributed by atoms with Crippen LogP contribution in [0.2, 0.25) is 0 Å². The lowest BCUT2D eigenvalue weighted by Crippen LogP contribution is -2.36. The molecule has 0 aromatic heterocycles. The average Bonchev–Trinajstić information content (AvgIpc) is 2.72. The van der Waals surface area contributed by atoms with E-state index in [9.17, 15) is 13.2 Å². The first-order chi connectivity index (χ1) is 9.53. The summed E-state index contributed by atoms with van der Waals surface area (Å²) in [6, 6.07) is -0.361. The number of ether oxygens (including phenoxy) is 3. The van der Waals surface area contributed by atoms with Gasteiger partial charge in [-0.1, -0.05) is 0 Å². The Hall–Kier alpha value is -0.900. The lowest BCUT2D eigenvalue weighted by atomic mass is 10.3. The summed E-state index contributed by atoms with van der Waals surface area (Å²) in [5, 5.41) is 11.0. The highest BCUT2D eigenvalue weighted by Crippen LogP contribution is 2.11. The number of alkyl carbamates (subject to hydrolysis) is 1. The van der Waals surface area contributed by atoms with Crippen LogP contribution in [-0.2, 0) is 24.0 Å². The van der Waals surface area contributed by atoms with Crippen LogP contribution in [0.1, 0.15) is 6.42 Å². The van der Waals surface area contributed by atoms with Crippen molar-refractivity contribution in [2.75, 3.05) is 51.1 Å². The number of carbonyl (C=O) groups is 1. The van der Waals surface area contributed by atoms with Gasteiger partial charge in [0.05, 0.1) is 44.5 Å². The molecule has 9 heteroatoms. The molecule has 20 heavy (non-hydrogen) atoms. The summed E-state index contributed by atoms with van der Waals surface area (Å²) < 4.78 is 37.3. The smallest absolute Gasteiger partial charge is 0.407 e. The monoisotopic (exact) mass is 311 g/mol. The predicted octanol–water partition coefficient (Wildman–Crippen LogP) is -1.07. The molecule has 0 aromatic carbocycles. The van der Waals surface area contributed by atoms with Crippen molar-refractivity contribution in [3.63, 3.8) is 0 Å². The van der Waals surface area contributed by atoms with E-state index in [1.807, 2.05) is 0 Å². The maximum Gasteiger partial charge on any atom is 0.407 e. The van der Waals surface area contributed by atoms with Crippen LogP contribution in [0, 0.1) is 0 Å². The maximum atomic E-state index is 11.3. The third-order valence-electron chi connectivity index (χ3n) is 2.62. The largest absolute Gasteiger partial charge is 0.447 e. The average molecular weight is 311 g/mol. The van der Waals surface area contributed by atoms with Crippen LogP contribution in [0.15, 0.2) is 0 Å². The zero-order valence-electron chi connectivity index (χ0n) is 11.2. The molecule has 1 fully saturated rings. The predicted molar refractivity (Wildman–Crippen MR) is 70.3 cm³/mol. The molecule has 0 bridgehead atoms. The van der Waals surface area contributed by atoms with E-state index in [0.29, 0.717) is 19.6 Å². The second kappa shape index (κ2) is 9.11. The number of aliphatic hydroxyl groups is 1. The number of rotatable bonds is 9. The van der Waals surface area contributed by atoms with Crippen molar-refractivity contribution in [3.8, 4) is 0 Å². The van der Waals surface area contributed by atoms with E-state index in [-0.39, 0.29) is 44.0 Å². The summed E-state index contributed by atoms with van der Waals surface area (Å²) in [6.07, 6.45) is -0.205. The number of sulfone groups is 1. The minimum atomic E-state index is -3.01. The number of hydrogen-bond donors (Lipinski definition) is 2. The summed E-state index contributed by atoms with van der Waals surface area (Å²) in [7, 11) is -3.01. The zero-order chi connectivity index (χ0) is 14.8. The van der Waals surface area contributed by atoms with Gasteiger partial charge in [-0.15, -0.1) is 0 Å². The van der Waals surface area contributed by atoms with Crippen LogP contribution in [0.5, 0.6) is 0 Å². The van der Waals surface area contributed by atoms with Gasteiger partial charge in [-0.05, 0) is 6.42 Å². The Morgan fingerprint density at radius 3 is 2.40 bits per heavy atom. The van der Waals surface area contributed by atoms with Gasteiger partial charge >= 0.3 is 6.09 Å². The highest BCUT2D eigenvalue weighted by atomic mass is 32.2. The number of carbonyl (C=O) groups excluding carboxylic acids is 1. The number of aliphatic hydroxyl groups excluding tert-OH is 1. The maximum absolute atomic E-state index is 11.3. The molecule has 0 aliphatic carbocycles. The van der Waals surface area contributed by atoms with Gasteiger partial charge in [0, 0.05) is 6.04 Å². The fourth-order valence-corrected chi connectivity index (χ4v) is 3.37. The minimum Gasteiger partial charge on any atom is -0.447 e. The molecule has 1 unspecified atom stereocenters. The van der Waals surface area contributed by atoms with Gasteiger partial charge < -0.3 is 24.6 Å². The molecule has 1 amide bonds. The van der Waals surface area contributed by atoms with Crippen LogP contribution in [-0.4, -0.2) is 76.8 Å². The van der Waals surface area contributed by atoms with Crippen molar-refractivity contribution in [1.29, 1.82) is 0 Å². The number of amides is 1. The number of nitrogens with one attached hydrogen (secondary N) is 1. The van der Waals surface area contributed by atoms with Crippen LogP contribution in [0.4, 0.5) is 4.79 Å². The topological polar surface area (TPSA) is 111 Å². The van der Waals surface area contributed by atoms with Crippen molar-refractivity contribution in [2.45, 2.75) is 12.5 Å². The Morgan fingerprint density at radius 1 is 1.15 bits per heavy atom. The minimum absolute atomic E-state index is 0.0270.